The summed E-state index contributed by atoms with van der Waals surface area (Å²) >= 11 is 0. The number of carbonyl (C=O) groups excluding carboxylic acids is 1. The molecule has 1 amide bonds. The van der Waals surface area contributed by atoms with Crippen LogP contribution in [0.1, 0.15) is 81.7 Å². The summed E-state index contributed by atoms with van der Waals surface area (Å²) < 4.78 is 25.8. The van der Waals surface area contributed by atoms with Crippen molar-refractivity contribution >= 4 is 5.91 Å². The van der Waals surface area contributed by atoms with Crippen LogP contribution in [0.3, 0.4) is 0 Å². The first-order valence-electron chi connectivity index (χ1n) is 14.1. The van der Waals surface area contributed by atoms with E-state index < -0.39 is 24.1 Å². The quantitative estimate of drug-likeness (QED) is 0.383. The number of carbonyl (C=O) groups is 1. The van der Waals surface area contributed by atoms with E-state index in [-0.39, 0.29) is 35.9 Å². The normalized spacial score (nSPS) is 19.9. The molecular weight excluding hydrogens is 509 g/mol. The number of methoxy groups -OCH3 is 1. The minimum Gasteiger partial charge on any atom is -0.471 e. The van der Waals surface area contributed by atoms with Crippen molar-refractivity contribution in [3.05, 3.63) is 58.5 Å². The van der Waals surface area contributed by atoms with Gasteiger partial charge in [-0.25, -0.2) is 9.37 Å². The number of benzene rings is 1. The number of ether oxygens (including phenoxy) is 2. The van der Waals surface area contributed by atoms with Crippen molar-refractivity contribution in [3.8, 4) is 18.2 Å². The van der Waals surface area contributed by atoms with Gasteiger partial charge in [-0.15, -0.1) is 6.42 Å². The number of aromatic nitrogens is 1. The summed E-state index contributed by atoms with van der Waals surface area (Å²) in [4.78, 5) is 17.4. The van der Waals surface area contributed by atoms with E-state index in [0.29, 0.717) is 17.0 Å². The van der Waals surface area contributed by atoms with Crippen molar-refractivity contribution in [3.63, 3.8) is 0 Å². The molecule has 1 aliphatic carbocycles. The lowest BCUT2D eigenvalue weighted by molar-refractivity contribution is -0.131. The second kappa shape index (κ2) is 12.3. The second-order valence-corrected chi connectivity index (χ2v) is 12.5. The van der Waals surface area contributed by atoms with Gasteiger partial charge in [0.2, 0.25) is 11.8 Å². The molecule has 216 valence electrons. The third-order valence-electron chi connectivity index (χ3n) is 7.87. The number of terminal acetylenes is 1. The van der Waals surface area contributed by atoms with Gasteiger partial charge >= 0.3 is 0 Å². The van der Waals surface area contributed by atoms with Crippen LogP contribution in [0.25, 0.3) is 0 Å². The van der Waals surface area contributed by atoms with E-state index >= 15 is 0 Å². The first-order chi connectivity index (χ1) is 18.9. The number of rotatable bonds is 10. The Balaban J connectivity index is 1.54. The number of aliphatic hydroxyl groups is 1. The Morgan fingerprint density at radius 1 is 1.30 bits per heavy atom. The topological polar surface area (TPSA) is 92.7 Å². The van der Waals surface area contributed by atoms with Crippen LogP contribution in [-0.4, -0.2) is 53.5 Å². The Morgan fingerprint density at radius 3 is 2.67 bits per heavy atom. The Labute approximate surface area is 237 Å². The van der Waals surface area contributed by atoms with Gasteiger partial charge in [0.25, 0.3) is 0 Å². The highest BCUT2D eigenvalue weighted by atomic mass is 19.1. The third kappa shape index (κ3) is 7.39. The molecule has 7 nitrogen and oxygen atoms in total. The first kappa shape index (κ1) is 30.0. The van der Waals surface area contributed by atoms with Crippen LogP contribution in [0.15, 0.2) is 30.5 Å². The monoisotopic (exact) mass is 551 g/mol. The maximum atomic E-state index is 14.2. The molecule has 1 spiro atoms. The van der Waals surface area contributed by atoms with E-state index in [0.717, 1.165) is 43.2 Å². The summed E-state index contributed by atoms with van der Waals surface area (Å²) in [5.41, 5.74) is 3.00. The molecule has 0 bridgehead atoms. The van der Waals surface area contributed by atoms with Gasteiger partial charge in [-0.3, -0.25) is 4.79 Å². The van der Waals surface area contributed by atoms with Gasteiger partial charge in [0, 0.05) is 43.4 Å². The fourth-order valence-electron chi connectivity index (χ4n) is 5.55. The van der Waals surface area contributed by atoms with Crippen LogP contribution in [0.5, 0.6) is 5.88 Å². The van der Waals surface area contributed by atoms with E-state index in [1.807, 2.05) is 6.20 Å². The number of fused-ring (bicyclic) bond motifs is 1. The minimum absolute atomic E-state index is 0.0671. The minimum atomic E-state index is -0.972. The molecular formula is C32H42FN3O4. The molecule has 3 N–H and O–H groups in total. The largest absolute Gasteiger partial charge is 0.471 e. The third-order valence-corrected chi connectivity index (χ3v) is 7.87. The SMILES string of the molecule is C#Cc1cc(F)cc(C[C@H](NC(=O)[C@@H](C)OC)[C@H](O)CN[C@H]2CC3(CCC3)Oc3ncc(CC(C)(C)C)cc32)c1. The number of hydrogen-bond acceptors (Lipinski definition) is 6. The van der Waals surface area contributed by atoms with Crippen LogP contribution >= 0.6 is 0 Å². The Morgan fingerprint density at radius 2 is 2.05 bits per heavy atom. The number of aliphatic hydroxyl groups excluding tert-OH is 1. The zero-order valence-corrected chi connectivity index (χ0v) is 24.2. The number of nitrogens with one attached hydrogen (secondary N) is 2. The lowest BCUT2D eigenvalue weighted by Gasteiger charge is -2.47. The van der Waals surface area contributed by atoms with E-state index in [2.05, 4.69) is 43.4 Å². The van der Waals surface area contributed by atoms with Gasteiger partial charge in [-0.1, -0.05) is 26.7 Å². The Kier molecular flexibility index (Phi) is 9.19. The van der Waals surface area contributed by atoms with Crippen molar-refractivity contribution < 1.29 is 23.8 Å². The summed E-state index contributed by atoms with van der Waals surface area (Å²) in [7, 11) is 1.45. The van der Waals surface area contributed by atoms with E-state index in [4.69, 9.17) is 20.9 Å². The molecule has 2 heterocycles. The smallest absolute Gasteiger partial charge is 0.249 e. The van der Waals surface area contributed by atoms with Crippen molar-refractivity contribution in [2.45, 2.75) is 96.1 Å². The summed E-state index contributed by atoms with van der Waals surface area (Å²) in [6.45, 7) is 8.43. The van der Waals surface area contributed by atoms with Crippen LogP contribution in [0.4, 0.5) is 4.39 Å². The van der Waals surface area contributed by atoms with Crippen LogP contribution in [0, 0.1) is 23.6 Å². The summed E-state index contributed by atoms with van der Waals surface area (Å²) in [5.74, 6) is 2.28. The molecule has 0 radical (unpaired) electrons. The number of hydrogen-bond donors (Lipinski definition) is 3. The summed E-state index contributed by atoms with van der Waals surface area (Å²) in [6, 6.07) is 5.74. The average Bonchev–Trinajstić information content (AvgIpc) is 2.88. The highest BCUT2D eigenvalue weighted by Gasteiger charge is 2.46. The molecule has 1 saturated carbocycles. The maximum Gasteiger partial charge on any atom is 0.249 e. The maximum absolute atomic E-state index is 14.2. The van der Waals surface area contributed by atoms with Crippen molar-refractivity contribution in [1.29, 1.82) is 0 Å². The molecule has 1 aromatic heterocycles. The van der Waals surface area contributed by atoms with Gasteiger partial charge < -0.3 is 25.2 Å². The lowest BCUT2D eigenvalue weighted by Crippen LogP contribution is -2.53. The fraction of sp³-hybridized carbons (Fsp3) is 0.562. The van der Waals surface area contributed by atoms with Crippen LogP contribution in [-0.2, 0) is 22.4 Å². The van der Waals surface area contributed by atoms with Crippen molar-refractivity contribution in [2.75, 3.05) is 13.7 Å². The lowest BCUT2D eigenvalue weighted by atomic mass is 9.73. The van der Waals surface area contributed by atoms with Crippen LogP contribution < -0.4 is 15.4 Å². The number of pyridine rings is 1. The second-order valence-electron chi connectivity index (χ2n) is 12.5. The predicted molar refractivity (Wildman–Crippen MR) is 152 cm³/mol. The molecule has 1 fully saturated rings. The van der Waals surface area contributed by atoms with Gasteiger partial charge in [-0.2, -0.15) is 0 Å². The van der Waals surface area contributed by atoms with Gasteiger partial charge in [0.1, 0.15) is 17.5 Å². The van der Waals surface area contributed by atoms with E-state index in [9.17, 15) is 14.3 Å². The molecule has 2 aromatic rings. The van der Waals surface area contributed by atoms with E-state index in [1.54, 1.807) is 13.0 Å². The average molecular weight is 552 g/mol. The Bertz CT molecular complexity index is 1250. The molecule has 4 atom stereocenters. The predicted octanol–water partition coefficient (Wildman–Crippen LogP) is 4.25. The van der Waals surface area contributed by atoms with Crippen molar-refractivity contribution in [2.24, 2.45) is 5.41 Å². The standard InChI is InChI=1S/C32H42FN3O4/c1-7-21-11-22(13-24(33)12-21)15-26(36-29(38)20(2)39-6)28(37)19-34-27-17-32(9-8-10-32)40-30-25(27)14-23(18-35-30)16-31(3,4)5/h1,11-14,18,20,26-28,34,37H,8-10,15-17,19H2,2-6H3,(H,36,38)/t20-,26+,27+,28-/m1/s1. The highest BCUT2D eigenvalue weighted by molar-refractivity contribution is 5.80. The number of amides is 1. The molecule has 1 aromatic carbocycles. The van der Waals surface area contributed by atoms with E-state index in [1.165, 1.54) is 19.2 Å². The van der Waals surface area contributed by atoms with Gasteiger partial charge in [0.15, 0.2) is 0 Å². The molecule has 40 heavy (non-hydrogen) atoms. The number of halogens is 1. The van der Waals surface area contributed by atoms with Gasteiger partial charge in [0.05, 0.1) is 12.1 Å². The Hall–Kier alpha value is -2.99. The molecule has 1 aliphatic heterocycles. The summed E-state index contributed by atoms with van der Waals surface area (Å²) in [5, 5.41) is 17.8. The zero-order chi connectivity index (χ0) is 29.1. The van der Waals surface area contributed by atoms with Crippen molar-refractivity contribution in [1.82, 2.24) is 15.6 Å². The molecule has 4 rings (SSSR count). The number of nitrogens with zero attached hydrogens (tertiary/aromatic N) is 1. The first-order valence-corrected chi connectivity index (χ1v) is 14.1. The molecule has 8 heteroatoms. The molecule has 2 aliphatic rings. The molecule has 0 unspecified atom stereocenters. The summed E-state index contributed by atoms with van der Waals surface area (Å²) in [6.07, 6.45) is 10.6. The van der Waals surface area contributed by atoms with Crippen LogP contribution in [0.2, 0.25) is 0 Å². The van der Waals surface area contributed by atoms with Gasteiger partial charge in [-0.05, 0) is 79.8 Å². The molecule has 0 saturated heterocycles. The highest BCUT2D eigenvalue weighted by Crippen LogP contribution is 2.48. The fourth-order valence-corrected chi connectivity index (χ4v) is 5.55. The zero-order valence-electron chi connectivity index (χ0n) is 24.2.